The van der Waals surface area contributed by atoms with Crippen LogP contribution >= 0.6 is 11.6 Å². The first-order valence-corrected chi connectivity index (χ1v) is 5.59. The zero-order valence-electron chi connectivity index (χ0n) is 9.02. The van der Waals surface area contributed by atoms with E-state index < -0.39 is 0 Å². The lowest BCUT2D eigenvalue weighted by Gasteiger charge is -2.30. The Labute approximate surface area is 98.7 Å². The average Bonchev–Trinajstić information content (AvgIpc) is 2.28. The minimum Gasteiger partial charge on any atom is -0.391 e. The van der Waals surface area contributed by atoms with Crippen LogP contribution in [0.15, 0.2) is 0 Å². The number of hydrogen-bond donors (Lipinski definition) is 2. The normalized spacial score (nSPS) is 20.9. The molecule has 88 valence electrons. The van der Waals surface area contributed by atoms with Crippen molar-refractivity contribution in [2.24, 2.45) is 0 Å². The molecule has 1 unspecified atom stereocenters. The first kappa shape index (κ1) is 11.3. The van der Waals surface area contributed by atoms with Gasteiger partial charge in [-0.2, -0.15) is 15.0 Å². The SMILES string of the molecule is CNc1nc(Cl)nc(N2CCCC(O)C2)n1. The lowest BCUT2D eigenvalue weighted by atomic mass is 10.1. The zero-order chi connectivity index (χ0) is 11.5. The lowest BCUT2D eigenvalue weighted by Crippen LogP contribution is -2.39. The number of piperidine rings is 1. The van der Waals surface area contributed by atoms with E-state index in [2.05, 4.69) is 20.3 Å². The van der Waals surface area contributed by atoms with Crippen molar-refractivity contribution < 1.29 is 5.11 Å². The van der Waals surface area contributed by atoms with Gasteiger partial charge in [-0.1, -0.05) is 0 Å². The van der Waals surface area contributed by atoms with Gasteiger partial charge in [0, 0.05) is 20.1 Å². The number of halogens is 1. The van der Waals surface area contributed by atoms with Crippen molar-refractivity contribution in [3.05, 3.63) is 5.28 Å². The van der Waals surface area contributed by atoms with Crippen molar-refractivity contribution in [1.82, 2.24) is 15.0 Å². The number of β-amino-alcohol motifs (C(OH)–C–C–N with tert-alkyl or cyclic N) is 1. The summed E-state index contributed by atoms with van der Waals surface area (Å²) in [5, 5.41) is 12.6. The molecule has 2 N–H and O–H groups in total. The Hall–Kier alpha value is -1.14. The van der Waals surface area contributed by atoms with Crippen LogP contribution < -0.4 is 10.2 Å². The van der Waals surface area contributed by atoms with Crippen LogP contribution in [0.4, 0.5) is 11.9 Å². The number of aliphatic hydroxyl groups is 1. The second-order valence-electron chi connectivity index (χ2n) is 3.72. The van der Waals surface area contributed by atoms with Crippen molar-refractivity contribution in [2.75, 3.05) is 30.4 Å². The van der Waals surface area contributed by atoms with Crippen LogP contribution in [0.5, 0.6) is 0 Å². The maximum Gasteiger partial charge on any atom is 0.231 e. The summed E-state index contributed by atoms with van der Waals surface area (Å²) in [6, 6.07) is 0. The van der Waals surface area contributed by atoms with E-state index in [1.54, 1.807) is 7.05 Å². The third kappa shape index (κ3) is 2.51. The summed E-state index contributed by atoms with van der Waals surface area (Å²) < 4.78 is 0. The van der Waals surface area contributed by atoms with E-state index >= 15 is 0 Å². The molecular formula is C9H14ClN5O. The van der Waals surface area contributed by atoms with Gasteiger partial charge in [0.2, 0.25) is 17.2 Å². The van der Waals surface area contributed by atoms with Crippen LogP contribution in [0.2, 0.25) is 5.28 Å². The van der Waals surface area contributed by atoms with Gasteiger partial charge >= 0.3 is 0 Å². The van der Waals surface area contributed by atoms with Crippen molar-refractivity contribution in [3.63, 3.8) is 0 Å². The van der Waals surface area contributed by atoms with E-state index in [4.69, 9.17) is 11.6 Å². The molecule has 1 aromatic heterocycles. The number of aliphatic hydroxyl groups excluding tert-OH is 1. The topological polar surface area (TPSA) is 74.2 Å². The van der Waals surface area contributed by atoms with Crippen molar-refractivity contribution in [2.45, 2.75) is 18.9 Å². The summed E-state index contributed by atoms with van der Waals surface area (Å²) in [4.78, 5) is 14.1. The monoisotopic (exact) mass is 243 g/mol. The molecule has 1 aliphatic heterocycles. The second kappa shape index (κ2) is 4.80. The van der Waals surface area contributed by atoms with Crippen LogP contribution in [0.25, 0.3) is 0 Å². The molecule has 6 nitrogen and oxygen atoms in total. The lowest BCUT2D eigenvalue weighted by molar-refractivity contribution is 0.153. The Morgan fingerprint density at radius 1 is 1.44 bits per heavy atom. The molecular weight excluding hydrogens is 230 g/mol. The number of nitrogens with zero attached hydrogens (tertiary/aromatic N) is 4. The van der Waals surface area contributed by atoms with Crippen LogP contribution in [0.1, 0.15) is 12.8 Å². The minimum atomic E-state index is -0.317. The van der Waals surface area contributed by atoms with Gasteiger partial charge in [-0.3, -0.25) is 0 Å². The number of nitrogens with one attached hydrogen (secondary N) is 1. The molecule has 0 saturated carbocycles. The summed E-state index contributed by atoms with van der Waals surface area (Å²) in [7, 11) is 1.72. The molecule has 1 fully saturated rings. The molecule has 1 atom stereocenters. The highest BCUT2D eigenvalue weighted by Crippen LogP contribution is 2.18. The maximum absolute atomic E-state index is 9.58. The second-order valence-corrected chi connectivity index (χ2v) is 4.06. The molecule has 0 aromatic carbocycles. The summed E-state index contributed by atoms with van der Waals surface area (Å²) in [6.07, 6.45) is 1.44. The van der Waals surface area contributed by atoms with Gasteiger partial charge in [-0.25, -0.2) is 0 Å². The fraction of sp³-hybridized carbons (Fsp3) is 0.667. The van der Waals surface area contributed by atoms with Crippen molar-refractivity contribution in [3.8, 4) is 0 Å². The van der Waals surface area contributed by atoms with Gasteiger partial charge in [0.15, 0.2) is 0 Å². The van der Waals surface area contributed by atoms with Gasteiger partial charge in [-0.05, 0) is 24.4 Å². The van der Waals surface area contributed by atoms with E-state index in [1.807, 2.05) is 4.90 Å². The predicted molar refractivity (Wildman–Crippen MR) is 61.8 cm³/mol. The third-order valence-corrected chi connectivity index (χ3v) is 2.67. The van der Waals surface area contributed by atoms with Crippen molar-refractivity contribution >= 4 is 23.5 Å². The zero-order valence-corrected chi connectivity index (χ0v) is 9.78. The van der Waals surface area contributed by atoms with Gasteiger partial charge < -0.3 is 15.3 Å². The fourth-order valence-electron chi connectivity index (χ4n) is 1.73. The first-order chi connectivity index (χ1) is 7.69. The van der Waals surface area contributed by atoms with Gasteiger partial charge in [0.05, 0.1) is 6.10 Å². The molecule has 16 heavy (non-hydrogen) atoms. The highest BCUT2D eigenvalue weighted by molar-refractivity contribution is 6.28. The Morgan fingerprint density at radius 2 is 2.25 bits per heavy atom. The fourth-order valence-corrected chi connectivity index (χ4v) is 1.88. The van der Waals surface area contributed by atoms with Crippen LogP contribution in [0, 0.1) is 0 Å². The molecule has 1 aromatic rings. The summed E-state index contributed by atoms with van der Waals surface area (Å²) in [5.41, 5.74) is 0. The summed E-state index contributed by atoms with van der Waals surface area (Å²) in [5.74, 6) is 0.957. The van der Waals surface area contributed by atoms with E-state index in [0.717, 1.165) is 19.4 Å². The number of aromatic nitrogens is 3. The van der Waals surface area contributed by atoms with E-state index in [1.165, 1.54) is 0 Å². The summed E-state index contributed by atoms with van der Waals surface area (Å²) in [6.45, 7) is 1.38. The molecule has 0 bridgehead atoms. The Kier molecular flexibility index (Phi) is 3.40. The van der Waals surface area contributed by atoms with Crippen LogP contribution in [-0.2, 0) is 0 Å². The number of rotatable bonds is 2. The maximum atomic E-state index is 9.58. The average molecular weight is 244 g/mol. The number of anilines is 2. The molecule has 2 rings (SSSR count). The molecule has 2 heterocycles. The van der Waals surface area contributed by atoms with Gasteiger partial charge in [0.1, 0.15) is 0 Å². The smallest absolute Gasteiger partial charge is 0.231 e. The van der Waals surface area contributed by atoms with Gasteiger partial charge in [0.25, 0.3) is 0 Å². The predicted octanol–water partition coefficient (Wildman–Crippen LogP) is 0.528. The Balaban J connectivity index is 2.21. The van der Waals surface area contributed by atoms with Crippen LogP contribution in [0.3, 0.4) is 0 Å². The minimum absolute atomic E-state index is 0.161. The Bertz CT molecular complexity index is 375. The summed E-state index contributed by atoms with van der Waals surface area (Å²) >= 11 is 5.79. The van der Waals surface area contributed by atoms with Crippen molar-refractivity contribution in [1.29, 1.82) is 0 Å². The molecule has 1 aliphatic rings. The molecule has 0 radical (unpaired) electrons. The highest BCUT2D eigenvalue weighted by Gasteiger charge is 2.20. The third-order valence-electron chi connectivity index (χ3n) is 2.50. The standard InChI is InChI=1S/C9H14ClN5O/c1-11-8-12-7(10)13-9(14-8)15-4-2-3-6(16)5-15/h6,16H,2-5H2,1H3,(H,11,12,13,14). The van der Waals surface area contributed by atoms with Crippen LogP contribution in [-0.4, -0.2) is 46.3 Å². The quantitative estimate of drug-likeness (QED) is 0.789. The van der Waals surface area contributed by atoms with Gasteiger partial charge in [-0.15, -0.1) is 0 Å². The van der Waals surface area contributed by atoms with E-state index in [0.29, 0.717) is 18.4 Å². The first-order valence-electron chi connectivity index (χ1n) is 5.21. The molecule has 7 heteroatoms. The number of hydrogen-bond acceptors (Lipinski definition) is 6. The molecule has 1 saturated heterocycles. The Morgan fingerprint density at radius 3 is 2.94 bits per heavy atom. The molecule has 0 amide bonds. The van der Waals surface area contributed by atoms with E-state index in [9.17, 15) is 5.11 Å². The van der Waals surface area contributed by atoms with E-state index in [-0.39, 0.29) is 11.4 Å². The highest BCUT2D eigenvalue weighted by atomic mass is 35.5. The molecule has 0 aliphatic carbocycles. The molecule has 0 spiro atoms. The largest absolute Gasteiger partial charge is 0.391 e.